The van der Waals surface area contributed by atoms with Gasteiger partial charge in [0.15, 0.2) is 6.61 Å². The maximum absolute atomic E-state index is 11.7. The number of nitrogens with zero attached hydrogens (tertiary/aromatic N) is 1. The Kier molecular flexibility index (Phi) is 5.52. The first-order valence-electron chi connectivity index (χ1n) is 6.32. The summed E-state index contributed by atoms with van der Waals surface area (Å²) < 4.78 is 6.52. The fourth-order valence-electron chi connectivity index (χ4n) is 1.60. The molecule has 1 aromatic heterocycles. The van der Waals surface area contributed by atoms with Gasteiger partial charge in [-0.2, -0.15) is 5.10 Å². The zero-order valence-corrected chi connectivity index (χ0v) is 14.1. The van der Waals surface area contributed by atoms with Crippen molar-refractivity contribution < 1.29 is 9.53 Å². The topological polar surface area (TPSA) is 50.7 Å². The zero-order valence-electron chi connectivity index (χ0n) is 11.7. The molecule has 2 aromatic rings. The number of hydrazone groups is 1. The molecular formula is C15H15BrN2O2S. The van der Waals surface area contributed by atoms with Crippen LogP contribution in [0, 0.1) is 13.8 Å². The van der Waals surface area contributed by atoms with E-state index < -0.39 is 0 Å². The van der Waals surface area contributed by atoms with Gasteiger partial charge < -0.3 is 4.74 Å². The monoisotopic (exact) mass is 366 g/mol. The van der Waals surface area contributed by atoms with Crippen molar-refractivity contribution in [2.24, 2.45) is 5.10 Å². The highest BCUT2D eigenvalue weighted by atomic mass is 79.9. The molecule has 0 spiro atoms. The predicted molar refractivity (Wildman–Crippen MR) is 89.2 cm³/mol. The van der Waals surface area contributed by atoms with Crippen LogP contribution in [0.15, 0.2) is 39.2 Å². The van der Waals surface area contributed by atoms with Gasteiger partial charge in [0.2, 0.25) is 0 Å². The van der Waals surface area contributed by atoms with E-state index in [0.29, 0.717) is 0 Å². The number of hydrogen-bond donors (Lipinski definition) is 1. The van der Waals surface area contributed by atoms with E-state index in [-0.39, 0.29) is 12.5 Å². The van der Waals surface area contributed by atoms with Crippen molar-refractivity contribution >= 4 is 39.4 Å². The highest BCUT2D eigenvalue weighted by Gasteiger charge is 2.04. The SMILES string of the molecule is Cc1ccc(C)c(OCC(=O)N/N=C/c2ccc(Br)s2)c1. The first-order valence-corrected chi connectivity index (χ1v) is 7.93. The van der Waals surface area contributed by atoms with E-state index in [4.69, 9.17) is 4.74 Å². The van der Waals surface area contributed by atoms with Crippen molar-refractivity contribution in [3.63, 3.8) is 0 Å². The van der Waals surface area contributed by atoms with Gasteiger partial charge in [0.1, 0.15) is 5.75 Å². The van der Waals surface area contributed by atoms with E-state index in [1.165, 1.54) is 11.3 Å². The second-order valence-electron chi connectivity index (χ2n) is 4.49. The summed E-state index contributed by atoms with van der Waals surface area (Å²) in [6.07, 6.45) is 1.60. The number of aryl methyl sites for hydroxylation is 2. The normalized spacial score (nSPS) is 10.8. The quantitative estimate of drug-likeness (QED) is 0.648. The third kappa shape index (κ3) is 4.99. The molecule has 2 rings (SSSR count). The lowest BCUT2D eigenvalue weighted by Gasteiger charge is -2.08. The van der Waals surface area contributed by atoms with Crippen LogP contribution >= 0.6 is 27.3 Å². The molecule has 0 bridgehead atoms. The minimum Gasteiger partial charge on any atom is -0.483 e. The summed E-state index contributed by atoms with van der Waals surface area (Å²) in [6, 6.07) is 9.73. The van der Waals surface area contributed by atoms with E-state index in [9.17, 15) is 4.79 Å². The maximum Gasteiger partial charge on any atom is 0.277 e. The Morgan fingerprint density at radius 1 is 1.38 bits per heavy atom. The number of ether oxygens (including phenoxy) is 1. The van der Waals surface area contributed by atoms with Crippen molar-refractivity contribution in [1.82, 2.24) is 5.43 Å². The number of carbonyl (C=O) groups excluding carboxylic acids is 1. The molecular weight excluding hydrogens is 352 g/mol. The van der Waals surface area contributed by atoms with E-state index in [0.717, 1.165) is 25.5 Å². The summed E-state index contributed by atoms with van der Waals surface area (Å²) >= 11 is 4.90. The van der Waals surface area contributed by atoms with E-state index in [2.05, 4.69) is 26.5 Å². The molecule has 6 heteroatoms. The van der Waals surface area contributed by atoms with Crippen molar-refractivity contribution in [3.8, 4) is 5.75 Å². The largest absolute Gasteiger partial charge is 0.483 e. The van der Waals surface area contributed by atoms with Gasteiger partial charge >= 0.3 is 0 Å². The van der Waals surface area contributed by atoms with E-state index in [1.807, 2.05) is 44.2 Å². The molecule has 0 aliphatic heterocycles. The molecule has 0 aliphatic rings. The first-order chi connectivity index (χ1) is 10.0. The number of benzene rings is 1. The number of thiophene rings is 1. The number of carbonyl (C=O) groups is 1. The average Bonchev–Trinajstić information content (AvgIpc) is 2.85. The summed E-state index contributed by atoms with van der Waals surface area (Å²) in [5.74, 6) is 0.430. The molecule has 0 atom stereocenters. The van der Waals surface area contributed by atoms with Gasteiger partial charge in [-0.3, -0.25) is 4.79 Å². The number of hydrogen-bond acceptors (Lipinski definition) is 4. The van der Waals surface area contributed by atoms with Crippen LogP contribution in [0.2, 0.25) is 0 Å². The molecule has 0 radical (unpaired) electrons. The third-order valence-electron chi connectivity index (χ3n) is 2.68. The Morgan fingerprint density at radius 3 is 2.90 bits per heavy atom. The van der Waals surface area contributed by atoms with Gasteiger partial charge in [0.25, 0.3) is 5.91 Å². The lowest BCUT2D eigenvalue weighted by molar-refractivity contribution is -0.123. The molecule has 0 aliphatic carbocycles. The second kappa shape index (κ2) is 7.38. The molecule has 0 fully saturated rings. The minimum atomic E-state index is -0.289. The summed E-state index contributed by atoms with van der Waals surface area (Å²) in [5, 5.41) is 3.89. The van der Waals surface area contributed by atoms with Gasteiger partial charge in [-0.1, -0.05) is 12.1 Å². The fourth-order valence-corrected chi connectivity index (χ4v) is 2.90. The molecule has 1 heterocycles. The Hall–Kier alpha value is -1.66. The van der Waals surface area contributed by atoms with E-state index in [1.54, 1.807) is 6.21 Å². The van der Waals surface area contributed by atoms with Gasteiger partial charge in [0.05, 0.1) is 10.0 Å². The fraction of sp³-hybridized carbons (Fsp3) is 0.200. The Labute approximate surface area is 136 Å². The first kappa shape index (κ1) is 15.7. The van der Waals surface area contributed by atoms with Crippen LogP contribution in [0.3, 0.4) is 0 Å². The van der Waals surface area contributed by atoms with Crippen molar-refractivity contribution in [3.05, 3.63) is 50.1 Å². The smallest absolute Gasteiger partial charge is 0.277 e. The molecule has 21 heavy (non-hydrogen) atoms. The molecule has 110 valence electrons. The van der Waals surface area contributed by atoms with Crippen molar-refractivity contribution in [2.45, 2.75) is 13.8 Å². The standard InChI is InChI=1S/C15H15BrN2O2S/c1-10-3-4-11(2)13(7-10)20-9-15(19)18-17-8-12-5-6-14(16)21-12/h3-8H,9H2,1-2H3,(H,18,19)/b17-8+. The molecule has 0 saturated carbocycles. The van der Waals surface area contributed by atoms with Gasteiger partial charge in [0, 0.05) is 4.88 Å². The Bertz CT molecular complexity index is 667. The summed E-state index contributed by atoms with van der Waals surface area (Å²) in [4.78, 5) is 12.6. The van der Waals surface area contributed by atoms with Gasteiger partial charge in [-0.25, -0.2) is 5.43 Å². The van der Waals surface area contributed by atoms with Crippen molar-refractivity contribution in [2.75, 3.05) is 6.61 Å². The maximum atomic E-state index is 11.7. The molecule has 1 aromatic carbocycles. The number of nitrogens with one attached hydrogen (secondary N) is 1. The third-order valence-corrected chi connectivity index (χ3v) is 4.24. The lowest BCUT2D eigenvalue weighted by atomic mass is 10.1. The molecule has 1 amide bonds. The highest BCUT2D eigenvalue weighted by Crippen LogP contribution is 2.20. The van der Waals surface area contributed by atoms with Crippen LogP contribution in [-0.4, -0.2) is 18.7 Å². The summed E-state index contributed by atoms with van der Waals surface area (Å²) in [6.45, 7) is 3.87. The van der Waals surface area contributed by atoms with Gasteiger partial charge in [-0.15, -0.1) is 11.3 Å². The van der Waals surface area contributed by atoms with Crippen LogP contribution in [0.4, 0.5) is 0 Å². The van der Waals surface area contributed by atoms with Crippen LogP contribution < -0.4 is 10.2 Å². The second-order valence-corrected chi connectivity index (χ2v) is 6.99. The Balaban J connectivity index is 1.82. The van der Waals surface area contributed by atoms with Crippen LogP contribution in [0.1, 0.15) is 16.0 Å². The minimum absolute atomic E-state index is 0.0598. The lowest BCUT2D eigenvalue weighted by Crippen LogP contribution is -2.24. The van der Waals surface area contributed by atoms with Crippen LogP contribution in [-0.2, 0) is 4.79 Å². The Morgan fingerprint density at radius 2 is 2.19 bits per heavy atom. The molecule has 0 saturated heterocycles. The molecule has 1 N–H and O–H groups in total. The average molecular weight is 367 g/mol. The number of rotatable bonds is 5. The predicted octanol–water partition coefficient (Wildman–Crippen LogP) is 3.66. The zero-order chi connectivity index (χ0) is 15.2. The van der Waals surface area contributed by atoms with Crippen molar-refractivity contribution in [1.29, 1.82) is 0 Å². The number of amides is 1. The highest BCUT2D eigenvalue weighted by molar-refractivity contribution is 9.11. The molecule has 4 nitrogen and oxygen atoms in total. The summed E-state index contributed by atoms with van der Waals surface area (Å²) in [5.41, 5.74) is 4.54. The number of halogens is 1. The summed E-state index contributed by atoms with van der Waals surface area (Å²) in [7, 11) is 0. The van der Waals surface area contributed by atoms with Crippen LogP contribution in [0.5, 0.6) is 5.75 Å². The van der Waals surface area contributed by atoms with Gasteiger partial charge in [-0.05, 0) is 59.1 Å². The van der Waals surface area contributed by atoms with E-state index >= 15 is 0 Å². The van der Waals surface area contributed by atoms with Crippen LogP contribution in [0.25, 0.3) is 0 Å². The molecule has 0 unspecified atom stereocenters.